The Kier molecular flexibility index (Phi) is 5.81. The van der Waals surface area contributed by atoms with Crippen LogP contribution in [-0.4, -0.2) is 16.5 Å². The number of hydrogen-bond acceptors (Lipinski definition) is 4. The van der Waals surface area contributed by atoms with Crippen molar-refractivity contribution in [1.29, 1.82) is 0 Å². The summed E-state index contributed by atoms with van der Waals surface area (Å²) in [4.78, 5) is 8.75. The topological polar surface area (TPSA) is 49.8 Å². The van der Waals surface area contributed by atoms with Crippen LogP contribution in [0.15, 0.2) is 30.6 Å². The highest BCUT2D eigenvalue weighted by Crippen LogP contribution is 2.26. The Labute approximate surface area is 131 Å². The number of anilines is 3. The molecule has 0 saturated heterocycles. The normalized spacial score (nSPS) is 10.4. The van der Waals surface area contributed by atoms with Crippen LogP contribution in [0.4, 0.5) is 17.3 Å². The highest BCUT2D eigenvalue weighted by atomic mass is 35.5. The molecule has 0 aliphatic carbocycles. The predicted molar refractivity (Wildman–Crippen MR) is 89.5 cm³/mol. The molecule has 5 heteroatoms. The second-order valence-electron chi connectivity index (χ2n) is 4.86. The Balaban J connectivity index is 2.28. The van der Waals surface area contributed by atoms with Gasteiger partial charge in [-0.3, -0.25) is 0 Å². The largest absolute Gasteiger partial charge is 0.370 e. The monoisotopic (exact) mass is 304 g/mol. The molecule has 0 spiro atoms. The van der Waals surface area contributed by atoms with Gasteiger partial charge in [-0.05, 0) is 31.0 Å². The minimum absolute atomic E-state index is 0.704. The summed E-state index contributed by atoms with van der Waals surface area (Å²) in [5, 5.41) is 7.41. The van der Waals surface area contributed by atoms with E-state index < -0.39 is 0 Å². The molecule has 0 fully saturated rings. The maximum Gasteiger partial charge on any atom is 0.139 e. The van der Waals surface area contributed by atoms with E-state index in [9.17, 15) is 0 Å². The van der Waals surface area contributed by atoms with Gasteiger partial charge in [0.2, 0.25) is 0 Å². The molecule has 2 N–H and O–H groups in total. The van der Waals surface area contributed by atoms with Gasteiger partial charge in [-0.25, -0.2) is 9.97 Å². The first-order chi connectivity index (χ1) is 10.2. The quantitative estimate of drug-likeness (QED) is 0.782. The third-order valence-electron chi connectivity index (χ3n) is 3.08. The van der Waals surface area contributed by atoms with Crippen LogP contribution in [0.5, 0.6) is 0 Å². The fourth-order valence-electron chi connectivity index (χ4n) is 2.11. The molecule has 1 aromatic heterocycles. The molecule has 0 amide bonds. The lowest BCUT2D eigenvalue weighted by Gasteiger charge is -2.15. The number of hydrogen-bond donors (Lipinski definition) is 2. The summed E-state index contributed by atoms with van der Waals surface area (Å²) in [6.07, 6.45) is 4.62. The first kappa shape index (κ1) is 15.6. The van der Waals surface area contributed by atoms with E-state index in [1.165, 1.54) is 0 Å². The number of halogens is 1. The van der Waals surface area contributed by atoms with Gasteiger partial charge < -0.3 is 10.6 Å². The molecule has 112 valence electrons. The summed E-state index contributed by atoms with van der Waals surface area (Å²) in [6.45, 7) is 5.20. The van der Waals surface area contributed by atoms with Crippen LogP contribution in [0.3, 0.4) is 0 Å². The Hall–Kier alpha value is -1.81. The van der Waals surface area contributed by atoms with Crippen LogP contribution in [-0.2, 0) is 6.42 Å². The average molecular weight is 305 g/mol. The van der Waals surface area contributed by atoms with Crippen molar-refractivity contribution in [3.05, 3.63) is 41.2 Å². The molecule has 0 aliphatic rings. The molecule has 2 aromatic rings. The van der Waals surface area contributed by atoms with Crippen LogP contribution >= 0.6 is 11.6 Å². The van der Waals surface area contributed by atoms with Gasteiger partial charge in [-0.1, -0.05) is 37.9 Å². The Morgan fingerprint density at radius 3 is 2.62 bits per heavy atom. The number of aromatic nitrogens is 2. The maximum atomic E-state index is 6.03. The molecule has 1 heterocycles. The van der Waals surface area contributed by atoms with E-state index >= 15 is 0 Å². The van der Waals surface area contributed by atoms with Gasteiger partial charge in [-0.15, -0.1) is 0 Å². The highest BCUT2D eigenvalue weighted by Gasteiger charge is 2.10. The zero-order chi connectivity index (χ0) is 15.1. The lowest BCUT2D eigenvalue weighted by atomic mass is 10.1. The standard InChI is InChI=1S/C16H21ClN4/c1-3-6-14-15(18-9-4-2)19-11-20-16(14)21-13-8-5-7-12(17)10-13/h5,7-8,10-11H,3-4,6,9H2,1-2H3,(H2,18,19,20,21). The second-order valence-corrected chi connectivity index (χ2v) is 5.30. The van der Waals surface area contributed by atoms with Crippen molar-refractivity contribution >= 4 is 28.9 Å². The van der Waals surface area contributed by atoms with Gasteiger partial charge in [0, 0.05) is 22.8 Å². The van der Waals surface area contributed by atoms with Gasteiger partial charge in [0.25, 0.3) is 0 Å². The number of rotatable bonds is 7. The van der Waals surface area contributed by atoms with E-state index in [0.29, 0.717) is 5.02 Å². The summed E-state index contributed by atoms with van der Waals surface area (Å²) in [7, 11) is 0. The average Bonchev–Trinajstić information content (AvgIpc) is 2.48. The summed E-state index contributed by atoms with van der Waals surface area (Å²) >= 11 is 6.03. The summed E-state index contributed by atoms with van der Waals surface area (Å²) in [6, 6.07) is 7.64. The van der Waals surface area contributed by atoms with E-state index in [0.717, 1.165) is 48.7 Å². The van der Waals surface area contributed by atoms with Crippen molar-refractivity contribution in [3.8, 4) is 0 Å². The second kappa shape index (κ2) is 7.84. The Morgan fingerprint density at radius 1 is 1.10 bits per heavy atom. The Morgan fingerprint density at radius 2 is 1.90 bits per heavy atom. The van der Waals surface area contributed by atoms with Crippen LogP contribution in [0.1, 0.15) is 32.3 Å². The van der Waals surface area contributed by atoms with Crippen molar-refractivity contribution in [3.63, 3.8) is 0 Å². The van der Waals surface area contributed by atoms with Crippen LogP contribution < -0.4 is 10.6 Å². The van der Waals surface area contributed by atoms with Crippen molar-refractivity contribution in [1.82, 2.24) is 9.97 Å². The molecular formula is C16H21ClN4. The van der Waals surface area contributed by atoms with Crippen LogP contribution in [0.25, 0.3) is 0 Å². The SMILES string of the molecule is CCCNc1ncnc(Nc2cccc(Cl)c2)c1CCC. The third kappa shape index (κ3) is 4.33. The van der Waals surface area contributed by atoms with E-state index in [1.54, 1.807) is 6.33 Å². The molecule has 4 nitrogen and oxygen atoms in total. The van der Waals surface area contributed by atoms with Gasteiger partial charge in [-0.2, -0.15) is 0 Å². The fraction of sp³-hybridized carbons (Fsp3) is 0.375. The van der Waals surface area contributed by atoms with Crippen molar-refractivity contribution in [2.75, 3.05) is 17.2 Å². The van der Waals surface area contributed by atoms with Gasteiger partial charge in [0.05, 0.1) is 0 Å². The molecule has 0 unspecified atom stereocenters. The molecule has 0 saturated carbocycles. The number of nitrogens with one attached hydrogen (secondary N) is 2. The first-order valence-corrected chi connectivity index (χ1v) is 7.72. The van der Waals surface area contributed by atoms with E-state index in [4.69, 9.17) is 11.6 Å². The number of nitrogens with zero attached hydrogens (tertiary/aromatic N) is 2. The lowest BCUT2D eigenvalue weighted by molar-refractivity contribution is 0.892. The highest BCUT2D eigenvalue weighted by molar-refractivity contribution is 6.30. The summed E-state index contributed by atoms with van der Waals surface area (Å²) in [5.74, 6) is 1.76. The molecular weight excluding hydrogens is 284 g/mol. The van der Waals surface area contributed by atoms with Gasteiger partial charge in [0.1, 0.15) is 18.0 Å². The van der Waals surface area contributed by atoms with Gasteiger partial charge >= 0.3 is 0 Å². The molecule has 0 aliphatic heterocycles. The smallest absolute Gasteiger partial charge is 0.139 e. The molecule has 1 aromatic carbocycles. The summed E-state index contributed by atoms with van der Waals surface area (Å²) < 4.78 is 0. The van der Waals surface area contributed by atoms with E-state index in [1.807, 2.05) is 24.3 Å². The minimum atomic E-state index is 0.704. The van der Waals surface area contributed by atoms with E-state index in [2.05, 4.69) is 34.4 Å². The van der Waals surface area contributed by atoms with Gasteiger partial charge in [0.15, 0.2) is 0 Å². The zero-order valence-corrected chi connectivity index (χ0v) is 13.2. The maximum absolute atomic E-state index is 6.03. The molecule has 2 rings (SSSR count). The molecule has 0 atom stereocenters. The predicted octanol–water partition coefficient (Wildman–Crippen LogP) is 4.65. The molecule has 0 bridgehead atoms. The summed E-state index contributed by atoms with van der Waals surface area (Å²) in [5.41, 5.74) is 2.05. The minimum Gasteiger partial charge on any atom is -0.370 e. The van der Waals surface area contributed by atoms with E-state index in [-0.39, 0.29) is 0 Å². The Bertz CT molecular complexity index is 586. The van der Waals surface area contributed by atoms with Crippen molar-refractivity contribution in [2.24, 2.45) is 0 Å². The van der Waals surface area contributed by atoms with Crippen LogP contribution in [0.2, 0.25) is 5.02 Å². The van der Waals surface area contributed by atoms with Crippen LogP contribution in [0, 0.1) is 0 Å². The first-order valence-electron chi connectivity index (χ1n) is 7.35. The van der Waals surface area contributed by atoms with Crippen molar-refractivity contribution < 1.29 is 0 Å². The molecule has 0 radical (unpaired) electrons. The fourth-order valence-corrected chi connectivity index (χ4v) is 2.30. The van der Waals surface area contributed by atoms with Crippen molar-refractivity contribution in [2.45, 2.75) is 33.1 Å². The third-order valence-corrected chi connectivity index (χ3v) is 3.31. The molecule has 21 heavy (non-hydrogen) atoms. The zero-order valence-electron chi connectivity index (χ0n) is 12.5. The number of benzene rings is 1. The lowest BCUT2D eigenvalue weighted by Crippen LogP contribution is -2.09.